The minimum Gasteiger partial charge on any atom is -0.369 e. The van der Waals surface area contributed by atoms with Crippen LogP contribution in [0.3, 0.4) is 0 Å². The van der Waals surface area contributed by atoms with Crippen LogP contribution in [-0.4, -0.2) is 23.4 Å². The van der Waals surface area contributed by atoms with Crippen molar-refractivity contribution in [2.75, 3.05) is 6.54 Å². The van der Waals surface area contributed by atoms with Crippen molar-refractivity contribution in [3.63, 3.8) is 0 Å². The Morgan fingerprint density at radius 2 is 2.30 bits per heavy atom. The minimum atomic E-state index is -0.410. The number of nitrogens with zero attached hydrogens (tertiary/aromatic N) is 2. The minimum absolute atomic E-state index is 0.141. The van der Waals surface area contributed by atoms with Gasteiger partial charge in [-0.1, -0.05) is 6.07 Å². The Morgan fingerprint density at radius 3 is 2.95 bits per heavy atom. The number of piperidine rings is 1. The smallest absolute Gasteiger partial charge is 0.221 e. The maximum Gasteiger partial charge on any atom is 0.221 e. The second-order valence-electron chi connectivity index (χ2n) is 5.37. The third-order valence-electron chi connectivity index (χ3n) is 3.98. The SMILES string of the molecule is C[C@@H]1CC[C@@H](C(N)=O)CN1Cc1ccc(F)cc1C#N. The van der Waals surface area contributed by atoms with Gasteiger partial charge in [0, 0.05) is 19.1 Å². The highest BCUT2D eigenvalue weighted by atomic mass is 19.1. The average molecular weight is 275 g/mol. The molecule has 1 aromatic carbocycles. The molecule has 2 atom stereocenters. The van der Waals surface area contributed by atoms with Crippen LogP contribution in [0.1, 0.15) is 30.9 Å². The molecule has 0 bridgehead atoms. The van der Waals surface area contributed by atoms with Crippen molar-refractivity contribution in [2.24, 2.45) is 11.7 Å². The molecule has 0 aliphatic carbocycles. The van der Waals surface area contributed by atoms with Gasteiger partial charge in [0.1, 0.15) is 5.82 Å². The average Bonchev–Trinajstić information content (AvgIpc) is 2.42. The van der Waals surface area contributed by atoms with Gasteiger partial charge in [0.15, 0.2) is 0 Å². The van der Waals surface area contributed by atoms with E-state index in [2.05, 4.69) is 11.8 Å². The highest BCUT2D eigenvalue weighted by molar-refractivity contribution is 5.77. The zero-order chi connectivity index (χ0) is 14.7. The highest BCUT2D eigenvalue weighted by Gasteiger charge is 2.28. The summed E-state index contributed by atoms with van der Waals surface area (Å²) in [7, 11) is 0. The van der Waals surface area contributed by atoms with Crippen molar-refractivity contribution in [2.45, 2.75) is 32.4 Å². The predicted octanol–water partition coefficient (Wildman–Crippen LogP) is 1.78. The summed E-state index contributed by atoms with van der Waals surface area (Å²) in [6.45, 7) is 3.22. The number of nitriles is 1. The number of primary amides is 1. The summed E-state index contributed by atoms with van der Waals surface area (Å²) in [5.41, 5.74) is 6.51. The van der Waals surface area contributed by atoms with Gasteiger partial charge in [-0.2, -0.15) is 5.26 Å². The molecule has 0 unspecified atom stereocenters. The summed E-state index contributed by atoms with van der Waals surface area (Å²) < 4.78 is 13.1. The Morgan fingerprint density at radius 1 is 1.55 bits per heavy atom. The lowest BCUT2D eigenvalue weighted by molar-refractivity contribution is -0.124. The second kappa shape index (κ2) is 6.02. The van der Waals surface area contributed by atoms with Gasteiger partial charge in [0.25, 0.3) is 0 Å². The van der Waals surface area contributed by atoms with E-state index in [9.17, 15) is 9.18 Å². The van der Waals surface area contributed by atoms with Crippen LogP contribution in [0, 0.1) is 23.1 Å². The van der Waals surface area contributed by atoms with Gasteiger partial charge in [0.2, 0.25) is 5.91 Å². The van der Waals surface area contributed by atoms with E-state index < -0.39 is 5.82 Å². The fourth-order valence-electron chi connectivity index (χ4n) is 2.64. The first kappa shape index (κ1) is 14.5. The van der Waals surface area contributed by atoms with Crippen molar-refractivity contribution in [1.29, 1.82) is 5.26 Å². The third kappa shape index (κ3) is 3.14. The molecule has 20 heavy (non-hydrogen) atoms. The van der Waals surface area contributed by atoms with Crippen LogP contribution in [0.5, 0.6) is 0 Å². The lowest BCUT2D eigenvalue weighted by Gasteiger charge is -2.37. The molecule has 106 valence electrons. The third-order valence-corrected chi connectivity index (χ3v) is 3.98. The Labute approximate surface area is 118 Å². The standard InChI is InChI=1S/C15H18FN3O/c1-10-2-3-12(15(18)20)9-19(10)8-11-4-5-14(16)6-13(11)7-17/h4-6,10,12H,2-3,8-9H2,1H3,(H2,18,20)/t10-,12-/m1/s1. The Bertz CT molecular complexity index is 553. The number of likely N-dealkylation sites (tertiary alicyclic amines) is 1. The first-order chi connectivity index (χ1) is 9.51. The van der Waals surface area contributed by atoms with Gasteiger partial charge in [-0.25, -0.2) is 4.39 Å². The molecule has 4 nitrogen and oxygen atoms in total. The number of halogens is 1. The molecule has 1 heterocycles. The van der Waals surface area contributed by atoms with Crippen molar-refractivity contribution in [1.82, 2.24) is 4.90 Å². The summed E-state index contributed by atoms with van der Waals surface area (Å²) in [6, 6.07) is 6.57. The van der Waals surface area contributed by atoms with Crippen LogP contribution in [0.4, 0.5) is 4.39 Å². The van der Waals surface area contributed by atoms with E-state index >= 15 is 0 Å². The van der Waals surface area contributed by atoms with Crippen LogP contribution in [-0.2, 0) is 11.3 Å². The van der Waals surface area contributed by atoms with Crippen LogP contribution >= 0.6 is 0 Å². The molecule has 5 heteroatoms. The van der Waals surface area contributed by atoms with E-state index in [1.165, 1.54) is 12.1 Å². The van der Waals surface area contributed by atoms with Crippen molar-refractivity contribution < 1.29 is 9.18 Å². The normalized spacial score (nSPS) is 23.2. The summed E-state index contributed by atoms with van der Waals surface area (Å²) in [5.74, 6) is -0.828. The van der Waals surface area contributed by atoms with E-state index in [-0.39, 0.29) is 11.8 Å². The maximum atomic E-state index is 13.1. The zero-order valence-electron chi connectivity index (χ0n) is 11.5. The van der Waals surface area contributed by atoms with Crippen molar-refractivity contribution in [3.8, 4) is 6.07 Å². The number of carbonyl (C=O) groups is 1. The largest absolute Gasteiger partial charge is 0.369 e. The molecule has 1 saturated heterocycles. The van der Waals surface area contributed by atoms with E-state index in [1.807, 2.05) is 6.07 Å². The molecule has 2 rings (SSSR count). The quantitative estimate of drug-likeness (QED) is 0.914. The number of carbonyl (C=O) groups excluding carboxylic acids is 1. The van der Waals surface area contributed by atoms with Crippen LogP contribution in [0.25, 0.3) is 0 Å². The molecule has 1 amide bonds. The molecular formula is C15H18FN3O. The van der Waals surface area contributed by atoms with Crippen LogP contribution in [0.15, 0.2) is 18.2 Å². The number of hydrogen-bond acceptors (Lipinski definition) is 3. The van der Waals surface area contributed by atoms with Gasteiger partial charge >= 0.3 is 0 Å². The van der Waals surface area contributed by atoms with Crippen LogP contribution < -0.4 is 5.73 Å². The van der Waals surface area contributed by atoms with Crippen LogP contribution in [0.2, 0.25) is 0 Å². The lowest BCUT2D eigenvalue weighted by Crippen LogP contribution is -2.45. The first-order valence-electron chi connectivity index (χ1n) is 6.73. The first-order valence-corrected chi connectivity index (χ1v) is 6.73. The summed E-state index contributed by atoms with van der Waals surface area (Å²) >= 11 is 0. The fourth-order valence-corrected chi connectivity index (χ4v) is 2.64. The highest BCUT2D eigenvalue weighted by Crippen LogP contribution is 2.24. The van der Waals surface area contributed by atoms with Crippen molar-refractivity contribution in [3.05, 3.63) is 35.1 Å². The van der Waals surface area contributed by atoms with Crippen molar-refractivity contribution >= 4 is 5.91 Å². The Hall–Kier alpha value is -1.93. The van der Waals surface area contributed by atoms with Gasteiger partial charge in [-0.15, -0.1) is 0 Å². The van der Waals surface area contributed by atoms with Gasteiger partial charge in [-0.05, 0) is 37.5 Å². The Kier molecular flexibility index (Phi) is 4.35. The zero-order valence-corrected chi connectivity index (χ0v) is 11.5. The molecule has 0 aromatic heterocycles. The number of nitrogens with two attached hydrogens (primary N) is 1. The van der Waals surface area contributed by atoms with Gasteiger partial charge in [0.05, 0.1) is 17.6 Å². The molecular weight excluding hydrogens is 257 g/mol. The summed E-state index contributed by atoms with van der Waals surface area (Å²) in [6.07, 6.45) is 1.71. The number of hydrogen-bond donors (Lipinski definition) is 1. The van der Waals surface area contributed by atoms with E-state index in [1.54, 1.807) is 6.07 Å². The topological polar surface area (TPSA) is 70.1 Å². The molecule has 1 aliphatic heterocycles. The predicted molar refractivity (Wildman–Crippen MR) is 72.9 cm³/mol. The molecule has 1 aromatic rings. The maximum absolute atomic E-state index is 13.1. The second-order valence-corrected chi connectivity index (χ2v) is 5.37. The monoisotopic (exact) mass is 275 g/mol. The lowest BCUT2D eigenvalue weighted by atomic mass is 9.92. The molecule has 0 saturated carbocycles. The number of rotatable bonds is 3. The van der Waals surface area contributed by atoms with Gasteiger partial charge < -0.3 is 5.73 Å². The van der Waals surface area contributed by atoms with Gasteiger partial charge in [-0.3, -0.25) is 9.69 Å². The van der Waals surface area contributed by atoms with E-state index in [4.69, 9.17) is 11.0 Å². The molecule has 2 N–H and O–H groups in total. The summed E-state index contributed by atoms with van der Waals surface area (Å²) in [4.78, 5) is 13.5. The molecule has 1 aliphatic rings. The number of amides is 1. The number of benzene rings is 1. The Balaban J connectivity index is 2.16. The molecule has 1 fully saturated rings. The fraction of sp³-hybridized carbons (Fsp3) is 0.467. The van der Waals surface area contributed by atoms with E-state index in [0.29, 0.717) is 24.7 Å². The molecule has 0 radical (unpaired) electrons. The van der Waals surface area contributed by atoms with E-state index in [0.717, 1.165) is 18.4 Å². The summed E-state index contributed by atoms with van der Waals surface area (Å²) in [5, 5.41) is 9.07. The molecule has 0 spiro atoms.